The molecule has 0 fully saturated rings. The van der Waals surface area contributed by atoms with Crippen LogP contribution in [-0.2, 0) is 9.53 Å². The number of carbonyl (C=O) groups excluding carboxylic acids is 2. The number of ether oxygens (including phenoxy) is 1. The number of rotatable bonds is 6. The van der Waals surface area contributed by atoms with Crippen LogP contribution < -0.4 is 11.1 Å². The second kappa shape index (κ2) is 7.05. The fraction of sp³-hybridized carbons (Fsp3) is 0.467. The zero-order chi connectivity index (χ0) is 15.2. The van der Waals surface area contributed by atoms with Crippen molar-refractivity contribution in [2.45, 2.75) is 39.2 Å². The van der Waals surface area contributed by atoms with Crippen LogP contribution in [0.4, 0.5) is 5.69 Å². The SMILES string of the molecule is CCOC(=O)c1cccc(NC(=O)C(N)(CC)CC)c1. The quantitative estimate of drug-likeness (QED) is 0.782. The van der Waals surface area contributed by atoms with E-state index in [1.807, 2.05) is 13.8 Å². The second-order valence-corrected chi connectivity index (χ2v) is 4.62. The summed E-state index contributed by atoms with van der Waals surface area (Å²) in [5.41, 5.74) is 6.08. The van der Waals surface area contributed by atoms with Gasteiger partial charge in [0.1, 0.15) is 0 Å². The highest BCUT2D eigenvalue weighted by Gasteiger charge is 2.29. The Morgan fingerprint density at radius 3 is 2.45 bits per heavy atom. The van der Waals surface area contributed by atoms with Crippen molar-refractivity contribution < 1.29 is 14.3 Å². The van der Waals surface area contributed by atoms with Gasteiger partial charge in [0.25, 0.3) is 0 Å². The largest absolute Gasteiger partial charge is 0.462 e. The van der Waals surface area contributed by atoms with Crippen molar-refractivity contribution in [2.75, 3.05) is 11.9 Å². The van der Waals surface area contributed by atoms with E-state index in [0.29, 0.717) is 30.7 Å². The summed E-state index contributed by atoms with van der Waals surface area (Å²) in [5, 5.41) is 2.75. The first kappa shape index (κ1) is 16.2. The molecular formula is C15H22N2O3. The van der Waals surface area contributed by atoms with E-state index in [0.717, 1.165) is 0 Å². The van der Waals surface area contributed by atoms with E-state index < -0.39 is 11.5 Å². The predicted octanol–water partition coefficient (Wildman–Crippen LogP) is 2.32. The highest BCUT2D eigenvalue weighted by molar-refractivity contribution is 5.99. The third-order valence-electron chi connectivity index (χ3n) is 3.35. The maximum absolute atomic E-state index is 12.2. The molecule has 0 saturated heterocycles. The molecule has 0 unspecified atom stereocenters. The molecule has 0 spiro atoms. The Hall–Kier alpha value is -1.88. The van der Waals surface area contributed by atoms with Crippen molar-refractivity contribution in [2.24, 2.45) is 5.73 Å². The molecule has 5 nitrogen and oxygen atoms in total. The van der Waals surface area contributed by atoms with Crippen molar-refractivity contribution in [3.63, 3.8) is 0 Å². The van der Waals surface area contributed by atoms with Crippen LogP contribution in [0.3, 0.4) is 0 Å². The van der Waals surface area contributed by atoms with Gasteiger partial charge in [0, 0.05) is 5.69 Å². The Morgan fingerprint density at radius 1 is 1.25 bits per heavy atom. The summed E-state index contributed by atoms with van der Waals surface area (Å²) in [5.74, 6) is -0.655. The summed E-state index contributed by atoms with van der Waals surface area (Å²) < 4.78 is 4.92. The van der Waals surface area contributed by atoms with Crippen LogP contribution in [0.2, 0.25) is 0 Å². The molecule has 1 amide bonds. The maximum atomic E-state index is 12.2. The molecule has 1 rings (SSSR count). The normalized spacial score (nSPS) is 11.0. The first-order valence-corrected chi connectivity index (χ1v) is 6.84. The van der Waals surface area contributed by atoms with Crippen LogP contribution in [0.15, 0.2) is 24.3 Å². The topological polar surface area (TPSA) is 81.4 Å². The molecule has 3 N–H and O–H groups in total. The van der Waals surface area contributed by atoms with Gasteiger partial charge >= 0.3 is 5.97 Å². The van der Waals surface area contributed by atoms with Gasteiger partial charge in [-0.3, -0.25) is 4.79 Å². The number of hydrogen-bond acceptors (Lipinski definition) is 4. The molecular weight excluding hydrogens is 256 g/mol. The van der Waals surface area contributed by atoms with E-state index in [4.69, 9.17) is 10.5 Å². The Labute approximate surface area is 119 Å². The highest BCUT2D eigenvalue weighted by Crippen LogP contribution is 2.17. The van der Waals surface area contributed by atoms with Crippen LogP contribution in [0.25, 0.3) is 0 Å². The summed E-state index contributed by atoms with van der Waals surface area (Å²) in [7, 11) is 0. The van der Waals surface area contributed by atoms with Crippen LogP contribution in [0.1, 0.15) is 44.0 Å². The van der Waals surface area contributed by atoms with Crippen molar-refractivity contribution in [1.82, 2.24) is 0 Å². The van der Waals surface area contributed by atoms with Crippen molar-refractivity contribution in [1.29, 1.82) is 0 Å². The van der Waals surface area contributed by atoms with E-state index in [-0.39, 0.29) is 5.91 Å². The molecule has 0 aliphatic heterocycles. The van der Waals surface area contributed by atoms with Gasteiger partial charge in [-0.15, -0.1) is 0 Å². The minimum absolute atomic E-state index is 0.247. The average molecular weight is 278 g/mol. The number of carbonyl (C=O) groups is 2. The molecule has 0 aliphatic carbocycles. The number of benzene rings is 1. The molecule has 0 aliphatic rings. The second-order valence-electron chi connectivity index (χ2n) is 4.62. The van der Waals surface area contributed by atoms with E-state index in [2.05, 4.69) is 5.32 Å². The molecule has 0 saturated carbocycles. The zero-order valence-corrected chi connectivity index (χ0v) is 12.2. The van der Waals surface area contributed by atoms with Crippen molar-refractivity contribution in [3.8, 4) is 0 Å². The minimum atomic E-state index is -0.889. The number of amides is 1. The van der Waals surface area contributed by atoms with Gasteiger partial charge in [0.2, 0.25) is 5.91 Å². The van der Waals surface area contributed by atoms with Gasteiger partial charge < -0.3 is 15.8 Å². The van der Waals surface area contributed by atoms with Gasteiger partial charge in [-0.25, -0.2) is 4.79 Å². The first-order chi connectivity index (χ1) is 9.46. The molecule has 0 radical (unpaired) electrons. The van der Waals surface area contributed by atoms with Gasteiger partial charge in [-0.2, -0.15) is 0 Å². The molecule has 5 heteroatoms. The number of nitrogens with two attached hydrogens (primary N) is 1. The van der Waals surface area contributed by atoms with E-state index >= 15 is 0 Å². The Bertz CT molecular complexity index is 482. The van der Waals surface area contributed by atoms with Gasteiger partial charge in [0.15, 0.2) is 0 Å². The van der Waals surface area contributed by atoms with Gasteiger partial charge in [0.05, 0.1) is 17.7 Å². The zero-order valence-electron chi connectivity index (χ0n) is 12.2. The molecule has 0 heterocycles. The summed E-state index contributed by atoms with van der Waals surface area (Å²) in [6.45, 7) is 5.80. The smallest absolute Gasteiger partial charge is 0.338 e. The Morgan fingerprint density at radius 2 is 1.90 bits per heavy atom. The lowest BCUT2D eigenvalue weighted by molar-refractivity contribution is -0.121. The lowest BCUT2D eigenvalue weighted by Crippen LogP contribution is -2.50. The predicted molar refractivity (Wildman–Crippen MR) is 78.5 cm³/mol. The molecule has 0 aromatic heterocycles. The minimum Gasteiger partial charge on any atom is -0.462 e. The van der Waals surface area contributed by atoms with E-state index in [1.165, 1.54) is 0 Å². The molecule has 1 aromatic rings. The number of hydrogen-bond donors (Lipinski definition) is 2. The first-order valence-electron chi connectivity index (χ1n) is 6.84. The summed E-state index contributed by atoms with van der Waals surface area (Å²) in [6, 6.07) is 6.63. The molecule has 20 heavy (non-hydrogen) atoms. The van der Waals surface area contributed by atoms with Gasteiger partial charge in [-0.05, 0) is 38.0 Å². The van der Waals surface area contributed by atoms with Crippen LogP contribution in [-0.4, -0.2) is 24.0 Å². The maximum Gasteiger partial charge on any atom is 0.338 e. The van der Waals surface area contributed by atoms with Crippen molar-refractivity contribution >= 4 is 17.6 Å². The Balaban J connectivity index is 2.86. The highest BCUT2D eigenvalue weighted by atomic mass is 16.5. The van der Waals surface area contributed by atoms with Crippen molar-refractivity contribution in [3.05, 3.63) is 29.8 Å². The standard InChI is InChI=1S/C15H22N2O3/c1-4-15(16,5-2)14(19)17-12-9-7-8-11(10-12)13(18)20-6-3/h7-10H,4-6,16H2,1-3H3,(H,17,19). The summed E-state index contributed by atoms with van der Waals surface area (Å²) in [4.78, 5) is 23.8. The van der Waals surface area contributed by atoms with E-state index in [1.54, 1.807) is 31.2 Å². The molecule has 0 atom stereocenters. The Kier molecular flexibility index (Phi) is 5.70. The molecule has 110 valence electrons. The fourth-order valence-corrected chi connectivity index (χ4v) is 1.77. The molecule has 0 bridgehead atoms. The molecule has 1 aromatic carbocycles. The number of esters is 1. The van der Waals surface area contributed by atoms with Crippen LogP contribution in [0.5, 0.6) is 0 Å². The number of anilines is 1. The monoisotopic (exact) mass is 278 g/mol. The lowest BCUT2D eigenvalue weighted by atomic mass is 9.93. The lowest BCUT2D eigenvalue weighted by Gasteiger charge is -2.25. The number of nitrogens with one attached hydrogen (secondary N) is 1. The summed E-state index contributed by atoms with van der Waals surface area (Å²) >= 11 is 0. The average Bonchev–Trinajstić information content (AvgIpc) is 2.46. The third kappa shape index (κ3) is 3.81. The fourth-order valence-electron chi connectivity index (χ4n) is 1.77. The van der Waals surface area contributed by atoms with Crippen LogP contribution in [0, 0.1) is 0 Å². The van der Waals surface area contributed by atoms with Gasteiger partial charge in [-0.1, -0.05) is 19.9 Å². The third-order valence-corrected chi connectivity index (χ3v) is 3.35. The van der Waals surface area contributed by atoms with E-state index in [9.17, 15) is 9.59 Å². The van der Waals surface area contributed by atoms with Crippen LogP contribution >= 0.6 is 0 Å². The summed E-state index contributed by atoms with van der Waals surface area (Å²) in [6.07, 6.45) is 1.10.